The highest BCUT2D eigenvalue weighted by molar-refractivity contribution is 5.94. The van der Waals surface area contributed by atoms with Gasteiger partial charge in [-0.15, -0.1) is 0 Å². The zero-order valence-electron chi connectivity index (χ0n) is 11.2. The summed E-state index contributed by atoms with van der Waals surface area (Å²) in [5.41, 5.74) is 0.0698. The van der Waals surface area contributed by atoms with Gasteiger partial charge in [-0.25, -0.2) is 0 Å². The molecule has 0 aliphatic rings. The van der Waals surface area contributed by atoms with Crippen molar-refractivity contribution in [3.63, 3.8) is 0 Å². The maximum Gasteiger partial charge on any atom is 0.416 e. The zero-order valence-corrected chi connectivity index (χ0v) is 11.2. The number of pyridine rings is 1. The fourth-order valence-electron chi connectivity index (χ4n) is 1.80. The van der Waals surface area contributed by atoms with Crippen molar-refractivity contribution in [2.75, 3.05) is 0 Å². The van der Waals surface area contributed by atoms with Gasteiger partial charge in [-0.1, -0.05) is 6.07 Å². The van der Waals surface area contributed by atoms with Gasteiger partial charge in [0.05, 0.1) is 17.3 Å². The Kier molecular flexibility index (Phi) is 4.26. The molecule has 3 nitrogen and oxygen atoms in total. The summed E-state index contributed by atoms with van der Waals surface area (Å²) in [6.45, 7) is 1.75. The van der Waals surface area contributed by atoms with Crippen LogP contribution in [0.25, 0.3) is 0 Å². The molecule has 1 aromatic heterocycles. The molecule has 0 saturated carbocycles. The fraction of sp³-hybridized carbons (Fsp3) is 0.200. The van der Waals surface area contributed by atoms with Crippen LogP contribution >= 0.6 is 0 Å². The lowest BCUT2D eigenvalue weighted by molar-refractivity contribution is -0.137. The minimum Gasteiger partial charge on any atom is -0.344 e. The summed E-state index contributed by atoms with van der Waals surface area (Å²) in [6.07, 6.45) is -2.80. The molecule has 110 valence electrons. The molecule has 2 aromatic rings. The standard InChI is InChI=1S/C15H13F3N2O/c1-10(13-4-2-3-9-19-13)20-14(21)11-5-7-12(8-6-11)15(16,17)18/h2-10H,1H3,(H,20,21). The largest absolute Gasteiger partial charge is 0.416 e. The summed E-state index contributed by atoms with van der Waals surface area (Å²) >= 11 is 0. The van der Waals surface area contributed by atoms with Gasteiger partial charge in [-0.2, -0.15) is 13.2 Å². The van der Waals surface area contributed by atoms with Gasteiger partial charge in [0.2, 0.25) is 0 Å². The Bertz CT molecular complexity index is 609. The smallest absolute Gasteiger partial charge is 0.344 e. The summed E-state index contributed by atoms with van der Waals surface area (Å²) in [7, 11) is 0. The fourth-order valence-corrected chi connectivity index (χ4v) is 1.80. The molecule has 1 heterocycles. The monoisotopic (exact) mass is 294 g/mol. The van der Waals surface area contributed by atoms with Crippen LogP contribution in [-0.4, -0.2) is 10.9 Å². The molecule has 1 unspecified atom stereocenters. The molecule has 1 aromatic carbocycles. The van der Waals surface area contributed by atoms with Gasteiger partial charge in [-0.3, -0.25) is 9.78 Å². The number of carbonyl (C=O) groups is 1. The second-order valence-electron chi connectivity index (χ2n) is 4.52. The second kappa shape index (κ2) is 5.95. The number of rotatable bonds is 3. The van der Waals surface area contributed by atoms with E-state index >= 15 is 0 Å². The van der Waals surface area contributed by atoms with Crippen LogP contribution in [0.3, 0.4) is 0 Å². The van der Waals surface area contributed by atoms with E-state index in [9.17, 15) is 18.0 Å². The second-order valence-corrected chi connectivity index (χ2v) is 4.52. The molecule has 1 atom stereocenters. The van der Waals surface area contributed by atoms with E-state index in [0.717, 1.165) is 24.3 Å². The van der Waals surface area contributed by atoms with Gasteiger partial charge in [0.25, 0.3) is 5.91 Å². The first kappa shape index (κ1) is 15.0. The Hall–Kier alpha value is -2.37. The molecule has 0 saturated heterocycles. The average molecular weight is 294 g/mol. The highest BCUT2D eigenvalue weighted by Crippen LogP contribution is 2.29. The van der Waals surface area contributed by atoms with Crippen molar-refractivity contribution in [3.8, 4) is 0 Å². The third-order valence-electron chi connectivity index (χ3n) is 2.95. The molecule has 2 rings (SSSR count). The quantitative estimate of drug-likeness (QED) is 0.940. The molecular formula is C15H13F3N2O. The van der Waals surface area contributed by atoms with E-state index in [0.29, 0.717) is 5.69 Å². The first-order valence-corrected chi connectivity index (χ1v) is 6.27. The minimum absolute atomic E-state index is 0.172. The summed E-state index contributed by atoms with van der Waals surface area (Å²) in [4.78, 5) is 16.1. The first-order valence-electron chi connectivity index (χ1n) is 6.27. The van der Waals surface area contributed by atoms with E-state index in [4.69, 9.17) is 0 Å². The molecule has 0 radical (unpaired) electrons. The number of amides is 1. The van der Waals surface area contributed by atoms with E-state index in [2.05, 4.69) is 10.3 Å². The Morgan fingerprint density at radius 1 is 1.14 bits per heavy atom. The Balaban J connectivity index is 2.07. The van der Waals surface area contributed by atoms with Gasteiger partial charge in [-0.05, 0) is 43.3 Å². The molecular weight excluding hydrogens is 281 g/mol. The van der Waals surface area contributed by atoms with Gasteiger partial charge in [0, 0.05) is 11.8 Å². The predicted molar refractivity (Wildman–Crippen MR) is 71.6 cm³/mol. The van der Waals surface area contributed by atoms with Crippen molar-refractivity contribution in [2.24, 2.45) is 0 Å². The Morgan fingerprint density at radius 3 is 2.33 bits per heavy atom. The maximum atomic E-state index is 12.4. The van der Waals surface area contributed by atoms with Crippen LogP contribution in [0.4, 0.5) is 13.2 Å². The number of nitrogens with one attached hydrogen (secondary N) is 1. The van der Waals surface area contributed by atoms with E-state index in [-0.39, 0.29) is 11.6 Å². The van der Waals surface area contributed by atoms with E-state index in [1.807, 2.05) is 0 Å². The van der Waals surface area contributed by atoms with Crippen molar-refractivity contribution < 1.29 is 18.0 Å². The van der Waals surface area contributed by atoms with Crippen molar-refractivity contribution in [1.29, 1.82) is 0 Å². The molecule has 0 fully saturated rings. The number of hydrogen-bond donors (Lipinski definition) is 1. The highest BCUT2D eigenvalue weighted by Gasteiger charge is 2.30. The van der Waals surface area contributed by atoms with E-state index in [1.165, 1.54) is 0 Å². The summed E-state index contributed by atoms with van der Waals surface area (Å²) in [5.74, 6) is -0.443. The molecule has 1 N–H and O–H groups in total. The van der Waals surface area contributed by atoms with Crippen LogP contribution in [-0.2, 0) is 6.18 Å². The van der Waals surface area contributed by atoms with Crippen molar-refractivity contribution >= 4 is 5.91 Å². The molecule has 1 amide bonds. The molecule has 6 heteroatoms. The third-order valence-corrected chi connectivity index (χ3v) is 2.95. The number of nitrogens with zero attached hydrogens (tertiary/aromatic N) is 1. The zero-order chi connectivity index (χ0) is 15.5. The van der Waals surface area contributed by atoms with Crippen LogP contribution in [0.1, 0.15) is 34.6 Å². The van der Waals surface area contributed by atoms with Crippen LogP contribution in [0.2, 0.25) is 0 Å². The number of hydrogen-bond acceptors (Lipinski definition) is 2. The van der Waals surface area contributed by atoms with Gasteiger partial charge >= 0.3 is 6.18 Å². The highest BCUT2D eigenvalue weighted by atomic mass is 19.4. The maximum absolute atomic E-state index is 12.4. The summed E-state index contributed by atoms with van der Waals surface area (Å²) in [5, 5.41) is 2.69. The Labute approximate surface area is 119 Å². The van der Waals surface area contributed by atoms with E-state index < -0.39 is 17.6 Å². The lowest BCUT2D eigenvalue weighted by atomic mass is 10.1. The molecule has 0 aliphatic carbocycles. The average Bonchev–Trinajstić information content (AvgIpc) is 2.47. The predicted octanol–water partition coefficient (Wildman–Crippen LogP) is 3.59. The lowest BCUT2D eigenvalue weighted by Crippen LogP contribution is -2.27. The van der Waals surface area contributed by atoms with Gasteiger partial charge < -0.3 is 5.32 Å². The van der Waals surface area contributed by atoms with Crippen LogP contribution in [0.15, 0.2) is 48.7 Å². The van der Waals surface area contributed by atoms with Gasteiger partial charge in [0.15, 0.2) is 0 Å². The van der Waals surface area contributed by atoms with Crippen molar-refractivity contribution in [2.45, 2.75) is 19.1 Å². The lowest BCUT2D eigenvalue weighted by Gasteiger charge is -2.13. The van der Waals surface area contributed by atoms with Crippen molar-refractivity contribution in [1.82, 2.24) is 10.3 Å². The molecule has 0 spiro atoms. The molecule has 0 aliphatic heterocycles. The Morgan fingerprint density at radius 2 is 1.81 bits per heavy atom. The molecule has 0 bridgehead atoms. The number of alkyl halides is 3. The van der Waals surface area contributed by atoms with Crippen LogP contribution in [0.5, 0.6) is 0 Å². The van der Waals surface area contributed by atoms with Crippen LogP contribution < -0.4 is 5.32 Å². The number of halogens is 3. The SMILES string of the molecule is CC(NC(=O)c1ccc(C(F)(F)F)cc1)c1ccccn1. The normalized spacial score (nSPS) is 12.8. The number of aromatic nitrogens is 1. The topological polar surface area (TPSA) is 42.0 Å². The van der Waals surface area contributed by atoms with E-state index in [1.54, 1.807) is 31.3 Å². The minimum atomic E-state index is -4.41. The van der Waals surface area contributed by atoms with Crippen molar-refractivity contribution in [3.05, 3.63) is 65.5 Å². The molecule has 21 heavy (non-hydrogen) atoms. The third kappa shape index (κ3) is 3.81. The number of carbonyl (C=O) groups excluding carboxylic acids is 1. The van der Waals surface area contributed by atoms with Crippen LogP contribution in [0, 0.1) is 0 Å². The summed E-state index contributed by atoms with van der Waals surface area (Å²) < 4.78 is 37.3. The summed E-state index contributed by atoms with van der Waals surface area (Å²) in [6, 6.07) is 9.07. The van der Waals surface area contributed by atoms with Gasteiger partial charge in [0.1, 0.15) is 0 Å². The number of benzene rings is 1. The first-order chi connectivity index (χ1) is 9.88.